The fourth-order valence-electron chi connectivity index (χ4n) is 2.40. The molecule has 1 atom stereocenters. The Kier molecular flexibility index (Phi) is 4.21. The number of amides is 1. The van der Waals surface area contributed by atoms with Crippen LogP contribution in [0.2, 0.25) is 0 Å². The number of hydrogen-bond acceptors (Lipinski definition) is 4. The minimum Gasteiger partial charge on any atom is -0.477 e. The third-order valence-electron chi connectivity index (χ3n) is 3.40. The highest BCUT2D eigenvalue weighted by Crippen LogP contribution is 2.20. The monoisotopic (exact) mass is 282 g/mol. The van der Waals surface area contributed by atoms with Crippen LogP contribution in [0.25, 0.3) is 0 Å². The Morgan fingerprint density at radius 3 is 2.68 bits per heavy atom. The molecule has 2 heterocycles. The van der Waals surface area contributed by atoms with Crippen LogP contribution in [0.4, 0.5) is 0 Å². The average molecular weight is 282 g/mol. The Bertz CT molecular complexity index is 486. The van der Waals surface area contributed by atoms with Crippen molar-refractivity contribution in [3.63, 3.8) is 0 Å². The molecular weight excluding hydrogens is 264 g/mol. The quantitative estimate of drug-likeness (QED) is 0.908. The molecule has 104 valence electrons. The molecule has 1 unspecified atom stereocenters. The van der Waals surface area contributed by atoms with Crippen LogP contribution < -0.4 is 0 Å². The zero-order valence-corrected chi connectivity index (χ0v) is 11.9. The molecule has 1 saturated heterocycles. The van der Waals surface area contributed by atoms with Crippen molar-refractivity contribution < 1.29 is 14.7 Å². The van der Waals surface area contributed by atoms with Gasteiger partial charge in [0.1, 0.15) is 4.88 Å². The number of carboxylic acids is 1. The maximum Gasteiger partial charge on any atom is 0.345 e. The summed E-state index contributed by atoms with van der Waals surface area (Å²) in [5.41, 5.74) is 0. The van der Waals surface area contributed by atoms with Gasteiger partial charge < -0.3 is 14.9 Å². The number of carboxylic acid groups (broad SMARTS) is 1. The van der Waals surface area contributed by atoms with Crippen LogP contribution in [0, 0.1) is 5.92 Å². The summed E-state index contributed by atoms with van der Waals surface area (Å²) in [6.45, 7) is 2.82. The first-order chi connectivity index (χ1) is 8.97. The average Bonchev–Trinajstić information content (AvgIpc) is 2.97. The van der Waals surface area contributed by atoms with Crippen LogP contribution in [0.3, 0.4) is 0 Å². The van der Waals surface area contributed by atoms with E-state index in [4.69, 9.17) is 5.11 Å². The minimum atomic E-state index is -0.982. The molecule has 1 fully saturated rings. The molecule has 5 nitrogen and oxygen atoms in total. The number of likely N-dealkylation sites (tertiary alicyclic amines) is 1. The molecule has 1 aliphatic heterocycles. The van der Waals surface area contributed by atoms with Crippen LogP contribution >= 0.6 is 11.3 Å². The van der Waals surface area contributed by atoms with E-state index in [2.05, 4.69) is 11.9 Å². The van der Waals surface area contributed by atoms with E-state index in [0.29, 0.717) is 10.8 Å². The molecule has 2 rings (SSSR count). The molecule has 0 aliphatic carbocycles. The van der Waals surface area contributed by atoms with Gasteiger partial charge in [-0.1, -0.05) is 0 Å². The zero-order valence-electron chi connectivity index (χ0n) is 11.1. The minimum absolute atomic E-state index is 0.0907. The van der Waals surface area contributed by atoms with Crippen molar-refractivity contribution in [2.24, 2.45) is 5.92 Å². The number of nitrogens with zero attached hydrogens (tertiary/aromatic N) is 2. The molecule has 1 N–H and O–H groups in total. The summed E-state index contributed by atoms with van der Waals surface area (Å²) in [4.78, 5) is 27.6. The number of aromatic carboxylic acids is 1. The highest BCUT2D eigenvalue weighted by Gasteiger charge is 2.24. The summed E-state index contributed by atoms with van der Waals surface area (Å²) in [6.07, 6.45) is 1.11. The molecule has 0 radical (unpaired) electrons. The normalized spacial score (nSPS) is 19.6. The summed E-state index contributed by atoms with van der Waals surface area (Å²) in [5.74, 6) is -0.561. The maximum atomic E-state index is 12.2. The second kappa shape index (κ2) is 5.71. The smallest absolute Gasteiger partial charge is 0.345 e. The Hall–Kier alpha value is -1.40. The van der Waals surface area contributed by atoms with E-state index < -0.39 is 5.97 Å². The number of thiophene rings is 1. The van der Waals surface area contributed by atoms with Crippen LogP contribution in [-0.2, 0) is 0 Å². The second-order valence-electron chi connectivity index (χ2n) is 5.07. The maximum absolute atomic E-state index is 12.2. The van der Waals surface area contributed by atoms with Crippen LogP contribution in [-0.4, -0.2) is 60.5 Å². The van der Waals surface area contributed by atoms with Crippen molar-refractivity contribution in [1.29, 1.82) is 0 Å². The molecule has 0 bridgehead atoms. The standard InChI is InChI=1S/C13H18N2O3S/c1-14-6-5-9(7-14)8-15(2)12(16)10-3-4-11(19-10)13(17)18/h3-4,9H,5-8H2,1-2H3,(H,17,18). The van der Waals surface area contributed by atoms with Crippen molar-refractivity contribution in [2.75, 3.05) is 33.7 Å². The van der Waals surface area contributed by atoms with E-state index in [9.17, 15) is 9.59 Å². The van der Waals surface area contributed by atoms with Crippen molar-refractivity contribution in [1.82, 2.24) is 9.80 Å². The SMILES string of the molecule is CN1CCC(CN(C)C(=O)c2ccc(C(=O)O)s2)C1. The van der Waals surface area contributed by atoms with Gasteiger partial charge in [0, 0.05) is 20.1 Å². The molecule has 1 aliphatic rings. The van der Waals surface area contributed by atoms with E-state index >= 15 is 0 Å². The third-order valence-corrected chi connectivity index (χ3v) is 4.46. The first-order valence-corrected chi connectivity index (χ1v) is 7.06. The van der Waals surface area contributed by atoms with Gasteiger partial charge in [-0.3, -0.25) is 4.79 Å². The lowest BCUT2D eigenvalue weighted by atomic mass is 10.1. The highest BCUT2D eigenvalue weighted by molar-refractivity contribution is 7.15. The summed E-state index contributed by atoms with van der Waals surface area (Å²) >= 11 is 1.03. The van der Waals surface area contributed by atoms with Crippen molar-refractivity contribution in [3.8, 4) is 0 Å². The predicted molar refractivity (Wildman–Crippen MR) is 73.8 cm³/mol. The van der Waals surface area contributed by atoms with Crippen LogP contribution in [0.15, 0.2) is 12.1 Å². The van der Waals surface area contributed by atoms with Crippen molar-refractivity contribution in [3.05, 3.63) is 21.9 Å². The molecule has 1 aromatic rings. The summed E-state index contributed by atoms with van der Waals surface area (Å²) < 4.78 is 0. The van der Waals surface area contributed by atoms with Gasteiger partial charge >= 0.3 is 5.97 Å². The number of hydrogen-bond donors (Lipinski definition) is 1. The molecule has 0 saturated carbocycles. The largest absolute Gasteiger partial charge is 0.477 e. The van der Waals surface area contributed by atoms with Gasteiger partial charge in [-0.15, -0.1) is 11.3 Å². The second-order valence-corrected chi connectivity index (χ2v) is 6.16. The van der Waals surface area contributed by atoms with Gasteiger partial charge in [-0.25, -0.2) is 4.79 Å². The van der Waals surface area contributed by atoms with Crippen molar-refractivity contribution in [2.45, 2.75) is 6.42 Å². The van der Waals surface area contributed by atoms with Gasteiger partial charge in [-0.05, 0) is 38.1 Å². The van der Waals surface area contributed by atoms with Crippen LogP contribution in [0.1, 0.15) is 25.8 Å². The predicted octanol–water partition coefficient (Wildman–Crippen LogP) is 1.47. The number of carbonyl (C=O) groups excluding carboxylic acids is 1. The van der Waals surface area contributed by atoms with E-state index in [-0.39, 0.29) is 10.8 Å². The van der Waals surface area contributed by atoms with Gasteiger partial charge in [0.05, 0.1) is 4.88 Å². The number of carbonyl (C=O) groups is 2. The molecule has 1 amide bonds. The highest BCUT2D eigenvalue weighted by atomic mass is 32.1. The van der Waals surface area contributed by atoms with E-state index in [1.165, 1.54) is 6.07 Å². The van der Waals surface area contributed by atoms with E-state index in [1.807, 2.05) is 0 Å². The van der Waals surface area contributed by atoms with Gasteiger partial charge in [-0.2, -0.15) is 0 Å². The topological polar surface area (TPSA) is 60.9 Å². The van der Waals surface area contributed by atoms with Gasteiger partial charge in [0.25, 0.3) is 5.91 Å². The Morgan fingerprint density at radius 1 is 1.47 bits per heavy atom. The first kappa shape index (κ1) is 14.0. The molecular formula is C13H18N2O3S. The lowest BCUT2D eigenvalue weighted by Gasteiger charge is -2.20. The number of rotatable bonds is 4. The Morgan fingerprint density at radius 2 is 2.16 bits per heavy atom. The van der Waals surface area contributed by atoms with Gasteiger partial charge in [0.15, 0.2) is 0 Å². The van der Waals surface area contributed by atoms with E-state index in [0.717, 1.165) is 37.4 Å². The Balaban J connectivity index is 1.96. The lowest BCUT2D eigenvalue weighted by molar-refractivity contribution is 0.0701. The lowest BCUT2D eigenvalue weighted by Crippen LogP contribution is -2.32. The van der Waals surface area contributed by atoms with Gasteiger partial charge in [0.2, 0.25) is 0 Å². The van der Waals surface area contributed by atoms with Crippen LogP contribution in [0.5, 0.6) is 0 Å². The van der Waals surface area contributed by atoms with E-state index in [1.54, 1.807) is 18.0 Å². The Labute approximate surface area is 116 Å². The molecule has 0 aromatic carbocycles. The molecule has 1 aromatic heterocycles. The van der Waals surface area contributed by atoms with Crippen molar-refractivity contribution >= 4 is 23.2 Å². The first-order valence-electron chi connectivity index (χ1n) is 6.24. The molecule has 0 spiro atoms. The summed E-state index contributed by atoms with van der Waals surface area (Å²) in [7, 11) is 3.86. The fraction of sp³-hybridized carbons (Fsp3) is 0.538. The third kappa shape index (κ3) is 3.33. The summed E-state index contributed by atoms with van der Waals surface area (Å²) in [6, 6.07) is 3.07. The zero-order chi connectivity index (χ0) is 14.0. The fourth-order valence-corrected chi connectivity index (χ4v) is 3.24. The molecule has 19 heavy (non-hydrogen) atoms. The summed E-state index contributed by atoms with van der Waals surface area (Å²) in [5, 5.41) is 8.86. The molecule has 6 heteroatoms.